The molecule has 1 fully saturated rings. The molecule has 1 amide bonds. The highest BCUT2D eigenvalue weighted by Gasteiger charge is 2.36. The molecule has 2 N–H and O–H groups in total. The number of aromatic nitrogens is 1. The number of amides is 1. The molecule has 0 spiro atoms. The van der Waals surface area contributed by atoms with Crippen molar-refractivity contribution >= 4 is 15.9 Å². The van der Waals surface area contributed by atoms with Crippen molar-refractivity contribution < 1.29 is 32.6 Å². The second-order valence-corrected chi connectivity index (χ2v) is 12.5. The van der Waals surface area contributed by atoms with Gasteiger partial charge in [0, 0.05) is 31.3 Å². The fraction of sp³-hybridized carbons (Fsp3) is 0.500. The molecule has 2 aliphatic rings. The second kappa shape index (κ2) is 11.6. The Balaban J connectivity index is 1.67. The van der Waals surface area contributed by atoms with Crippen molar-refractivity contribution in [1.82, 2.24) is 14.2 Å². The Morgan fingerprint density at radius 2 is 2.03 bits per heavy atom. The summed E-state index contributed by atoms with van der Waals surface area (Å²) in [6.07, 6.45) is 3.71. The quantitative estimate of drug-likeness (QED) is 0.522. The number of pyridine rings is 1. The molecule has 0 bridgehead atoms. The third-order valence-electron chi connectivity index (χ3n) is 7.33. The lowest BCUT2D eigenvalue weighted by Crippen LogP contribution is -2.50. The molecule has 39 heavy (non-hydrogen) atoms. The summed E-state index contributed by atoms with van der Waals surface area (Å²) in [5.41, 5.74) is -0.493. The maximum Gasteiger partial charge on any atom is 0.259 e. The predicted octanol–water partition coefficient (Wildman–Crippen LogP) is 2.42. The Morgan fingerprint density at radius 3 is 2.69 bits per heavy atom. The smallest absolute Gasteiger partial charge is 0.259 e. The molecule has 1 aliphatic heterocycles. The van der Waals surface area contributed by atoms with Gasteiger partial charge in [0.1, 0.15) is 23.1 Å². The summed E-state index contributed by atoms with van der Waals surface area (Å²) in [5, 5.41) is 20.4. The van der Waals surface area contributed by atoms with Crippen molar-refractivity contribution in [2.45, 2.75) is 62.2 Å². The number of carbonyl (C=O) groups excluding carboxylic acids is 1. The number of hydrogen-bond acceptors (Lipinski definition) is 7. The maximum atomic E-state index is 13.7. The summed E-state index contributed by atoms with van der Waals surface area (Å²) in [5.74, 6) is 4.45. The number of rotatable bonds is 6. The monoisotopic (exact) mass is 559 g/mol. The Morgan fingerprint density at radius 1 is 1.31 bits per heavy atom. The third kappa shape index (κ3) is 6.41. The minimum atomic E-state index is -4.03. The molecule has 210 valence electrons. The highest BCUT2D eigenvalue weighted by atomic mass is 32.2. The number of likely N-dealkylation sites (N-methyl/N-ethyl adjacent to an activating group) is 1. The second-order valence-electron chi connectivity index (χ2n) is 10.4. The third-order valence-corrected chi connectivity index (χ3v) is 9.15. The number of sulfonamides is 1. The lowest BCUT2D eigenvalue weighted by atomic mass is 10.00. The van der Waals surface area contributed by atoms with Gasteiger partial charge in [-0.2, -0.15) is 4.31 Å². The minimum absolute atomic E-state index is 0.0216. The van der Waals surface area contributed by atoms with E-state index < -0.39 is 39.5 Å². The molecule has 1 aliphatic carbocycles. The van der Waals surface area contributed by atoms with Gasteiger partial charge in [0.25, 0.3) is 5.91 Å². The summed E-state index contributed by atoms with van der Waals surface area (Å²) in [7, 11) is -2.64. The van der Waals surface area contributed by atoms with E-state index in [1.54, 1.807) is 13.0 Å². The average Bonchev–Trinajstić information content (AvgIpc) is 3.35. The Labute approximate surface area is 228 Å². The number of benzene rings is 1. The zero-order valence-electron chi connectivity index (χ0n) is 22.3. The summed E-state index contributed by atoms with van der Waals surface area (Å²) >= 11 is 0. The first kappa shape index (κ1) is 29.0. The van der Waals surface area contributed by atoms with Crippen LogP contribution in [-0.4, -0.2) is 83.2 Å². The van der Waals surface area contributed by atoms with Crippen LogP contribution in [0.25, 0.3) is 0 Å². The first-order valence-corrected chi connectivity index (χ1v) is 14.4. The van der Waals surface area contributed by atoms with E-state index in [4.69, 9.17) is 4.74 Å². The van der Waals surface area contributed by atoms with Crippen molar-refractivity contribution in [2.24, 2.45) is 5.92 Å². The van der Waals surface area contributed by atoms with Crippen LogP contribution in [0.5, 0.6) is 5.88 Å². The summed E-state index contributed by atoms with van der Waals surface area (Å²) in [6, 6.07) is 5.81. The zero-order chi connectivity index (χ0) is 28.4. The number of carbonyl (C=O) groups is 1. The van der Waals surface area contributed by atoms with E-state index in [1.165, 1.54) is 36.3 Å². The first-order valence-electron chi connectivity index (χ1n) is 13.0. The lowest BCUT2D eigenvalue weighted by Gasteiger charge is -2.37. The first-order chi connectivity index (χ1) is 18.4. The van der Waals surface area contributed by atoms with E-state index in [0.717, 1.165) is 23.2 Å². The molecule has 1 saturated carbocycles. The molecular weight excluding hydrogens is 525 g/mol. The number of hydrogen-bond donors (Lipinski definition) is 2. The highest BCUT2D eigenvalue weighted by molar-refractivity contribution is 7.89. The van der Waals surface area contributed by atoms with Crippen LogP contribution in [0.3, 0.4) is 0 Å². The number of aliphatic hydroxyl groups is 2. The van der Waals surface area contributed by atoms with Gasteiger partial charge >= 0.3 is 0 Å². The predicted molar refractivity (Wildman–Crippen MR) is 142 cm³/mol. The molecule has 11 heteroatoms. The summed E-state index contributed by atoms with van der Waals surface area (Å²) in [4.78, 5) is 19.3. The fourth-order valence-corrected chi connectivity index (χ4v) is 6.04. The summed E-state index contributed by atoms with van der Waals surface area (Å²) in [6.45, 7) is 3.37. The van der Waals surface area contributed by atoms with Gasteiger partial charge in [-0.15, -0.1) is 0 Å². The number of fused-ring (bicyclic) bond motifs is 1. The van der Waals surface area contributed by atoms with Gasteiger partial charge in [0.05, 0.1) is 24.1 Å². The summed E-state index contributed by atoms with van der Waals surface area (Å²) < 4.78 is 47.3. The van der Waals surface area contributed by atoms with Gasteiger partial charge in [-0.3, -0.25) is 4.79 Å². The van der Waals surface area contributed by atoms with Crippen LogP contribution < -0.4 is 4.74 Å². The van der Waals surface area contributed by atoms with Gasteiger partial charge in [-0.1, -0.05) is 24.8 Å². The van der Waals surface area contributed by atoms with Gasteiger partial charge < -0.3 is 19.8 Å². The van der Waals surface area contributed by atoms with Gasteiger partial charge in [-0.25, -0.2) is 17.8 Å². The molecule has 0 saturated heterocycles. The van der Waals surface area contributed by atoms with Gasteiger partial charge in [0.15, 0.2) is 0 Å². The van der Waals surface area contributed by atoms with Gasteiger partial charge in [0.2, 0.25) is 15.9 Å². The highest BCUT2D eigenvalue weighted by Crippen LogP contribution is 2.30. The van der Waals surface area contributed by atoms with Crippen LogP contribution in [0, 0.1) is 23.6 Å². The molecular formula is C28H34FN3O6S. The van der Waals surface area contributed by atoms with Crippen LogP contribution in [0.2, 0.25) is 0 Å². The normalized spacial score (nSPS) is 21.8. The van der Waals surface area contributed by atoms with E-state index in [2.05, 4.69) is 16.8 Å². The topological polar surface area (TPSA) is 120 Å². The Hall–Kier alpha value is -3.04. The average molecular weight is 560 g/mol. The van der Waals surface area contributed by atoms with Crippen LogP contribution in [0.4, 0.5) is 4.39 Å². The van der Waals surface area contributed by atoms with Crippen molar-refractivity contribution in [1.29, 1.82) is 0 Å². The Bertz CT molecular complexity index is 1380. The molecule has 4 rings (SSSR count). The Kier molecular flexibility index (Phi) is 8.61. The number of ether oxygens (including phenoxy) is 1. The van der Waals surface area contributed by atoms with Crippen LogP contribution in [-0.2, 0) is 10.0 Å². The lowest BCUT2D eigenvalue weighted by molar-refractivity contribution is 0.0373. The van der Waals surface area contributed by atoms with Crippen molar-refractivity contribution in [3.8, 4) is 17.7 Å². The van der Waals surface area contributed by atoms with E-state index in [0.29, 0.717) is 18.4 Å². The molecule has 1 aromatic heterocycles. The largest absolute Gasteiger partial charge is 0.472 e. The zero-order valence-corrected chi connectivity index (χ0v) is 23.1. The van der Waals surface area contributed by atoms with Crippen molar-refractivity contribution in [3.05, 3.63) is 53.5 Å². The minimum Gasteiger partial charge on any atom is -0.472 e. The van der Waals surface area contributed by atoms with E-state index in [9.17, 15) is 27.8 Å². The molecule has 1 aromatic carbocycles. The number of nitrogens with zero attached hydrogens (tertiary/aromatic N) is 3. The van der Waals surface area contributed by atoms with Gasteiger partial charge in [-0.05, 0) is 56.9 Å². The van der Waals surface area contributed by atoms with Crippen molar-refractivity contribution in [3.63, 3.8) is 0 Å². The standard InChI is InChI=1S/C28H34FN3O6S/c1-19-16-32(20(2)18-33)27(34)24-13-21(9-12-28(35)10-4-5-11-28)15-30-26(24)38-25(19)17-31(3)39(36,37)23-8-6-7-22(29)14-23/h6-8,13-15,19-20,25,33,35H,4-5,10-11,16-18H2,1-3H3/t19-,20-,25+/m0/s1. The molecule has 9 nitrogen and oxygen atoms in total. The molecule has 3 atom stereocenters. The fourth-order valence-electron chi connectivity index (χ4n) is 4.82. The van der Waals surface area contributed by atoms with Crippen LogP contribution in [0.1, 0.15) is 55.5 Å². The van der Waals surface area contributed by atoms with E-state index in [1.807, 2.05) is 6.92 Å². The number of aliphatic hydroxyl groups excluding tert-OH is 1. The molecule has 2 heterocycles. The van der Waals surface area contributed by atoms with Crippen LogP contribution >= 0.6 is 0 Å². The maximum absolute atomic E-state index is 13.7. The molecule has 0 unspecified atom stereocenters. The molecule has 2 aromatic rings. The number of halogens is 1. The van der Waals surface area contributed by atoms with Crippen LogP contribution in [0.15, 0.2) is 41.4 Å². The SMILES string of the molecule is C[C@H]1CN([C@@H](C)CO)C(=O)c2cc(C#CC3(O)CCCC3)cnc2O[C@@H]1CN(C)S(=O)(=O)c1cccc(F)c1. The van der Waals surface area contributed by atoms with Crippen molar-refractivity contribution in [2.75, 3.05) is 26.7 Å². The molecule has 0 radical (unpaired) electrons. The van der Waals surface area contributed by atoms with E-state index in [-0.39, 0.29) is 42.0 Å². The van der Waals surface area contributed by atoms with E-state index >= 15 is 0 Å².